The van der Waals surface area contributed by atoms with Crippen LogP contribution in [0.3, 0.4) is 0 Å². The molecule has 0 saturated carbocycles. The molecule has 6 nitrogen and oxygen atoms in total. The first-order valence-electron chi connectivity index (χ1n) is 8.67. The topological polar surface area (TPSA) is 64.7 Å². The van der Waals surface area contributed by atoms with Crippen molar-refractivity contribution in [2.24, 2.45) is 0 Å². The highest BCUT2D eigenvalue weighted by Crippen LogP contribution is 2.31. The maximum Gasteiger partial charge on any atom is 0.338 e. The van der Waals surface area contributed by atoms with E-state index in [1.165, 1.54) is 23.2 Å². The molecule has 2 N–H and O–H groups in total. The van der Waals surface area contributed by atoms with Crippen molar-refractivity contribution in [2.75, 3.05) is 18.1 Å². The van der Waals surface area contributed by atoms with Crippen LogP contribution in [0.2, 0.25) is 5.02 Å². The monoisotopic (exact) mass is 388 g/mol. The number of hydrogen-bond donors (Lipinski definition) is 2. The van der Waals surface area contributed by atoms with Gasteiger partial charge in [-0.2, -0.15) is 0 Å². The molecule has 2 aromatic rings. The summed E-state index contributed by atoms with van der Waals surface area (Å²) >= 11 is 6.20. The summed E-state index contributed by atoms with van der Waals surface area (Å²) in [5.74, 6) is -0.647. The highest BCUT2D eigenvalue weighted by atomic mass is 35.5. The van der Waals surface area contributed by atoms with Gasteiger partial charge in [0.25, 0.3) is 5.91 Å². The molecular weight excluding hydrogens is 371 g/mol. The van der Waals surface area contributed by atoms with Gasteiger partial charge in [-0.25, -0.2) is 19.6 Å². The molecule has 140 valence electrons. The summed E-state index contributed by atoms with van der Waals surface area (Å²) in [7, 11) is 0. The minimum atomic E-state index is -0.630. The summed E-state index contributed by atoms with van der Waals surface area (Å²) in [5, 5.41) is 4.85. The summed E-state index contributed by atoms with van der Waals surface area (Å²) in [5.41, 5.74) is 3.48. The second kappa shape index (κ2) is 6.83. The second-order valence-corrected chi connectivity index (χ2v) is 7.12. The fourth-order valence-electron chi connectivity index (χ4n) is 3.49. The number of piperidine rings is 1. The molecule has 27 heavy (non-hydrogen) atoms. The number of hydrogen-bond acceptors (Lipinski definition) is 3. The first-order chi connectivity index (χ1) is 13.0. The molecular formula is C19H18ClFN4O2. The Hall–Kier alpha value is -2.64. The number of para-hydroxylation sites is 1. The molecule has 2 heterocycles. The largest absolute Gasteiger partial charge is 0.338 e. The highest BCUT2D eigenvalue weighted by Gasteiger charge is 2.45. The van der Waals surface area contributed by atoms with E-state index in [9.17, 15) is 14.0 Å². The van der Waals surface area contributed by atoms with Crippen molar-refractivity contribution in [3.63, 3.8) is 0 Å². The Labute approximate surface area is 160 Å². The number of carbonyl (C=O) groups excluding carboxylic acids is 2. The van der Waals surface area contributed by atoms with E-state index in [0.717, 1.165) is 0 Å². The van der Waals surface area contributed by atoms with Gasteiger partial charge >= 0.3 is 6.03 Å². The number of likely N-dealkylation sites (tertiary alicyclic amines) is 1. The summed E-state index contributed by atoms with van der Waals surface area (Å²) in [6, 6.07) is 12.5. The van der Waals surface area contributed by atoms with Gasteiger partial charge in [-0.1, -0.05) is 29.8 Å². The Morgan fingerprint density at radius 2 is 1.85 bits per heavy atom. The fraction of sp³-hybridized carbons (Fsp3) is 0.263. The molecule has 2 aromatic carbocycles. The molecule has 0 unspecified atom stereocenters. The van der Waals surface area contributed by atoms with E-state index in [2.05, 4.69) is 10.7 Å². The van der Waals surface area contributed by atoms with E-state index in [1.807, 2.05) is 0 Å². The number of carbonyl (C=O) groups is 2. The third kappa shape index (κ3) is 3.36. The summed E-state index contributed by atoms with van der Waals surface area (Å²) in [4.78, 5) is 26.7. The Morgan fingerprint density at radius 3 is 2.56 bits per heavy atom. The Kier molecular flexibility index (Phi) is 4.49. The third-order valence-electron chi connectivity index (χ3n) is 4.94. The molecule has 1 spiro atoms. The van der Waals surface area contributed by atoms with Crippen molar-refractivity contribution in [1.29, 1.82) is 0 Å². The van der Waals surface area contributed by atoms with Crippen molar-refractivity contribution in [3.05, 3.63) is 64.9 Å². The van der Waals surface area contributed by atoms with Crippen molar-refractivity contribution in [2.45, 2.75) is 18.5 Å². The van der Waals surface area contributed by atoms with Gasteiger partial charge in [0.2, 0.25) is 0 Å². The van der Waals surface area contributed by atoms with E-state index in [1.54, 1.807) is 35.2 Å². The van der Waals surface area contributed by atoms with Crippen LogP contribution >= 0.6 is 11.6 Å². The summed E-state index contributed by atoms with van der Waals surface area (Å²) in [6.07, 6.45) is 1.06. The van der Waals surface area contributed by atoms with Crippen molar-refractivity contribution in [3.8, 4) is 0 Å². The number of urea groups is 1. The van der Waals surface area contributed by atoms with Gasteiger partial charge in [0.05, 0.1) is 10.7 Å². The molecule has 4 rings (SSSR count). The van der Waals surface area contributed by atoms with E-state index in [-0.39, 0.29) is 11.9 Å². The molecule has 2 saturated heterocycles. The average Bonchev–Trinajstić information content (AvgIpc) is 2.98. The van der Waals surface area contributed by atoms with Crippen molar-refractivity contribution in [1.82, 2.24) is 15.6 Å². The molecule has 0 aliphatic carbocycles. The van der Waals surface area contributed by atoms with Crippen LogP contribution in [0.1, 0.15) is 23.2 Å². The lowest BCUT2D eigenvalue weighted by Gasteiger charge is -2.38. The molecule has 0 bridgehead atoms. The predicted octanol–water partition coefficient (Wildman–Crippen LogP) is 3.15. The smallest absolute Gasteiger partial charge is 0.338 e. The number of benzene rings is 2. The van der Waals surface area contributed by atoms with E-state index in [0.29, 0.717) is 42.2 Å². The highest BCUT2D eigenvalue weighted by molar-refractivity contribution is 6.33. The van der Waals surface area contributed by atoms with E-state index >= 15 is 0 Å². The zero-order chi connectivity index (χ0) is 19.0. The number of rotatable bonds is 2. The zero-order valence-corrected chi connectivity index (χ0v) is 15.2. The molecule has 0 radical (unpaired) electrons. The SMILES string of the molecule is O=C(c1cccc(F)c1)N1CCC2(CC1)NC(=O)N(c1ccccc1Cl)N2. The van der Waals surface area contributed by atoms with Gasteiger partial charge in [0, 0.05) is 31.5 Å². The molecule has 2 aliphatic rings. The quantitative estimate of drug-likeness (QED) is 0.830. The summed E-state index contributed by atoms with van der Waals surface area (Å²) in [6.45, 7) is 0.887. The standard InChI is InChI=1S/C19H18ClFN4O2/c20-15-6-1-2-7-16(15)25-18(27)22-19(23-25)8-10-24(11-9-19)17(26)13-4-3-5-14(21)12-13/h1-7,12,23H,8-11H2,(H,22,27). The van der Waals surface area contributed by atoms with E-state index < -0.39 is 11.5 Å². The Balaban J connectivity index is 1.45. The minimum absolute atomic E-state index is 0.211. The Morgan fingerprint density at radius 1 is 1.11 bits per heavy atom. The Bertz CT molecular complexity index is 899. The van der Waals surface area contributed by atoms with Gasteiger partial charge < -0.3 is 10.2 Å². The zero-order valence-electron chi connectivity index (χ0n) is 14.4. The molecule has 0 atom stereocenters. The van der Waals surface area contributed by atoms with Crippen LogP contribution in [0.4, 0.5) is 14.9 Å². The molecule has 2 aliphatic heterocycles. The lowest BCUT2D eigenvalue weighted by atomic mass is 9.97. The van der Waals surface area contributed by atoms with Crippen LogP contribution in [-0.4, -0.2) is 35.6 Å². The van der Waals surface area contributed by atoms with Crippen LogP contribution in [0.25, 0.3) is 0 Å². The maximum absolute atomic E-state index is 13.4. The number of anilines is 1. The fourth-order valence-corrected chi connectivity index (χ4v) is 3.71. The molecule has 2 fully saturated rings. The van der Waals surface area contributed by atoms with Gasteiger partial charge in [-0.15, -0.1) is 0 Å². The second-order valence-electron chi connectivity index (χ2n) is 6.71. The summed E-state index contributed by atoms with van der Waals surface area (Å²) < 4.78 is 13.4. The van der Waals surface area contributed by atoms with Crippen LogP contribution < -0.4 is 15.8 Å². The van der Waals surface area contributed by atoms with Gasteiger partial charge in [-0.3, -0.25) is 4.79 Å². The van der Waals surface area contributed by atoms with Crippen LogP contribution in [0, 0.1) is 5.82 Å². The van der Waals surface area contributed by atoms with Crippen LogP contribution in [0.5, 0.6) is 0 Å². The molecule has 0 aromatic heterocycles. The number of halogens is 2. The first-order valence-corrected chi connectivity index (χ1v) is 9.05. The minimum Gasteiger partial charge on any atom is -0.338 e. The first kappa shape index (κ1) is 17.8. The van der Waals surface area contributed by atoms with Gasteiger partial charge in [-0.05, 0) is 30.3 Å². The molecule has 3 amide bonds. The lowest BCUT2D eigenvalue weighted by Crippen LogP contribution is -2.58. The molecule has 8 heteroatoms. The lowest BCUT2D eigenvalue weighted by molar-refractivity contribution is 0.0640. The number of nitrogens with zero attached hydrogens (tertiary/aromatic N) is 2. The predicted molar refractivity (Wildman–Crippen MR) is 99.9 cm³/mol. The normalized spacial score (nSPS) is 18.7. The van der Waals surface area contributed by atoms with Crippen molar-refractivity contribution >= 4 is 29.2 Å². The number of amides is 3. The average molecular weight is 389 g/mol. The van der Waals surface area contributed by atoms with Gasteiger partial charge in [0.1, 0.15) is 11.5 Å². The van der Waals surface area contributed by atoms with Crippen LogP contribution in [-0.2, 0) is 0 Å². The third-order valence-corrected chi connectivity index (χ3v) is 5.26. The van der Waals surface area contributed by atoms with Gasteiger partial charge in [0.15, 0.2) is 0 Å². The van der Waals surface area contributed by atoms with E-state index in [4.69, 9.17) is 11.6 Å². The van der Waals surface area contributed by atoms with Crippen molar-refractivity contribution < 1.29 is 14.0 Å². The van der Waals surface area contributed by atoms with Crippen LogP contribution in [0.15, 0.2) is 48.5 Å². The maximum atomic E-state index is 13.4. The number of hydrazine groups is 1. The number of nitrogens with one attached hydrogen (secondary N) is 2.